The van der Waals surface area contributed by atoms with Crippen molar-refractivity contribution in [3.05, 3.63) is 23.8 Å². The molecule has 2 heterocycles. The molecule has 25 heavy (non-hydrogen) atoms. The third-order valence-corrected chi connectivity index (χ3v) is 4.61. The summed E-state index contributed by atoms with van der Waals surface area (Å²) in [6, 6.07) is 5.02. The highest BCUT2D eigenvalue weighted by atomic mass is 16.5. The highest BCUT2D eigenvalue weighted by Gasteiger charge is 2.21. The number of benzene rings is 1. The van der Waals surface area contributed by atoms with Crippen LogP contribution in [0.2, 0.25) is 0 Å². The lowest BCUT2D eigenvalue weighted by molar-refractivity contribution is 0.0600. The minimum absolute atomic E-state index is 0.0211. The van der Waals surface area contributed by atoms with Crippen LogP contribution in [0.5, 0.6) is 0 Å². The van der Waals surface area contributed by atoms with Gasteiger partial charge in [-0.25, -0.2) is 9.59 Å². The first-order valence-corrected chi connectivity index (χ1v) is 8.80. The zero-order valence-electron chi connectivity index (χ0n) is 14.5. The Kier molecular flexibility index (Phi) is 5.75. The monoisotopic (exact) mass is 347 g/mol. The lowest BCUT2D eigenvalue weighted by Gasteiger charge is -2.25. The number of urea groups is 1. The van der Waals surface area contributed by atoms with Gasteiger partial charge in [-0.3, -0.25) is 0 Å². The number of ether oxygens (including phenoxy) is 2. The van der Waals surface area contributed by atoms with Crippen molar-refractivity contribution in [2.24, 2.45) is 0 Å². The van der Waals surface area contributed by atoms with Gasteiger partial charge in [-0.1, -0.05) is 0 Å². The molecule has 0 spiro atoms. The van der Waals surface area contributed by atoms with Crippen LogP contribution in [0.25, 0.3) is 0 Å². The maximum absolute atomic E-state index is 12.4. The van der Waals surface area contributed by atoms with Gasteiger partial charge in [-0.2, -0.15) is 0 Å². The molecule has 2 saturated heterocycles. The summed E-state index contributed by atoms with van der Waals surface area (Å²) in [5, 5.41) is 5.84. The number of carbonyl (C=O) groups is 2. The van der Waals surface area contributed by atoms with E-state index in [0.29, 0.717) is 17.9 Å². The molecule has 2 amide bonds. The number of nitrogens with one attached hydrogen (secondary N) is 2. The number of anilines is 2. The molecule has 136 valence electrons. The predicted octanol–water partition coefficient (Wildman–Crippen LogP) is 2.37. The first-order valence-electron chi connectivity index (χ1n) is 8.80. The van der Waals surface area contributed by atoms with E-state index in [2.05, 4.69) is 15.5 Å². The molecule has 2 N–H and O–H groups in total. The van der Waals surface area contributed by atoms with Gasteiger partial charge in [0.15, 0.2) is 0 Å². The van der Waals surface area contributed by atoms with Crippen molar-refractivity contribution >= 4 is 23.4 Å². The van der Waals surface area contributed by atoms with Crippen LogP contribution in [0.15, 0.2) is 18.2 Å². The number of amides is 2. The fraction of sp³-hybridized carbons (Fsp3) is 0.556. The molecule has 0 saturated carbocycles. The Bertz CT molecular complexity index is 623. The second-order valence-electron chi connectivity index (χ2n) is 6.43. The van der Waals surface area contributed by atoms with Crippen LogP contribution in [-0.2, 0) is 9.47 Å². The number of rotatable bonds is 4. The van der Waals surface area contributed by atoms with Crippen LogP contribution in [-0.4, -0.2) is 51.5 Å². The van der Waals surface area contributed by atoms with Crippen molar-refractivity contribution < 1.29 is 19.1 Å². The summed E-state index contributed by atoms with van der Waals surface area (Å²) < 4.78 is 10.2. The van der Waals surface area contributed by atoms with Crippen LogP contribution >= 0.6 is 0 Å². The highest BCUT2D eigenvalue weighted by molar-refractivity contribution is 5.97. The van der Waals surface area contributed by atoms with Crippen LogP contribution in [0, 0.1) is 0 Å². The van der Waals surface area contributed by atoms with Gasteiger partial charge in [0.2, 0.25) is 0 Å². The highest BCUT2D eigenvalue weighted by Crippen LogP contribution is 2.30. The molecule has 1 aromatic rings. The molecule has 3 rings (SSSR count). The third-order valence-electron chi connectivity index (χ3n) is 4.61. The molecule has 1 aromatic carbocycles. The topological polar surface area (TPSA) is 79.9 Å². The van der Waals surface area contributed by atoms with E-state index < -0.39 is 5.97 Å². The smallest absolute Gasteiger partial charge is 0.337 e. The molecule has 0 radical (unpaired) electrons. The number of esters is 1. The van der Waals surface area contributed by atoms with Gasteiger partial charge in [-0.05, 0) is 43.9 Å². The Morgan fingerprint density at radius 3 is 2.72 bits per heavy atom. The summed E-state index contributed by atoms with van der Waals surface area (Å²) in [6.45, 7) is 3.18. The van der Waals surface area contributed by atoms with E-state index in [0.717, 1.165) is 51.1 Å². The SMILES string of the molecule is COC(=O)c1ccc(N2CCCC2)c(NC(=O)NC2CCCOC2)c1. The maximum Gasteiger partial charge on any atom is 0.337 e. The lowest BCUT2D eigenvalue weighted by Crippen LogP contribution is -2.43. The maximum atomic E-state index is 12.4. The van der Waals surface area contributed by atoms with Gasteiger partial charge in [0.05, 0.1) is 36.7 Å². The Morgan fingerprint density at radius 1 is 1.24 bits per heavy atom. The fourth-order valence-corrected chi connectivity index (χ4v) is 3.31. The quantitative estimate of drug-likeness (QED) is 0.818. The van der Waals surface area contributed by atoms with E-state index in [9.17, 15) is 9.59 Å². The molecule has 2 aliphatic rings. The molecule has 2 fully saturated rings. The van der Waals surface area contributed by atoms with Gasteiger partial charge in [0, 0.05) is 19.7 Å². The average molecular weight is 347 g/mol. The molecule has 1 atom stereocenters. The molecule has 0 aliphatic carbocycles. The molecule has 0 aromatic heterocycles. The molecular formula is C18H25N3O4. The Balaban J connectivity index is 1.75. The van der Waals surface area contributed by atoms with E-state index in [1.165, 1.54) is 7.11 Å². The fourth-order valence-electron chi connectivity index (χ4n) is 3.31. The van der Waals surface area contributed by atoms with Crippen LogP contribution in [0.4, 0.5) is 16.2 Å². The van der Waals surface area contributed by atoms with Crippen molar-refractivity contribution in [1.29, 1.82) is 0 Å². The van der Waals surface area contributed by atoms with Crippen LogP contribution in [0.1, 0.15) is 36.0 Å². The summed E-state index contributed by atoms with van der Waals surface area (Å²) in [4.78, 5) is 26.4. The van der Waals surface area contributed by atoms with E-state index >= 15 is 0 Å². The van der Waals surface area contributed by atoms with E-state index in [1.807, 2.05) is 6.07 Å². The van der Waals surface area contributed by atoms with Crippen molar-refractivity contribution in [2.75, 3.05) is 43.6 Å². The Morgan fingerprint density at radius 2 is 2.04 bits per heavy atom. The average Bonchev–Trinajstić information content (AvgIpc) is 3.16. The normalized spacial score (nSPS) is 20.2. The van der Waals surface area contributed by atoms with Gasteiger partial charge in [0.25, 0.3) is 0 Å². The zero-order chi connectivity index (χ0) is 17.6. The molecular weight excluding hydrogens is 322 g/mol. The summed E-state index contributed by atoms with van der Waals surface area (Å²) in [6.07, 6.45) is 4.12. The summed E-state index contributed by atoms with van der Waals surface area (Å²) >= 11 is 0. The minimum atomic E-state index is -0.419. The van der Waals surface area contributed by atoms with E-state index in [1.54, 1.807) is 12.1 Å². The van der Waals surface area contributed by atoms with Crippen molar-refractivity contribution in [3.63, 3.8) is 0 Å². The van der Waals surface area contributed by atoms with Gasteiger partial charge in [-0.15, -0.1) is 0 Å². The number of nitrogens with zero attached hydrogens (tertiary/aromatic N) is 1. The predicted molar refractivity (Wildman–Crippen MR) is 95.2 cm³/mol. The zero-order valence-corrected chi connectivity index (χ0v) is 14.5. The molecule has 0 bridgehead atoms. The first-order chi connectivity index (χ1) is 12.2. The van der Waals surface area contributed by atoms with Crippen LogP contribution < -0.4 is 15.5 Å². The Labute approximate surface area is 147 Å². The molecule has 1 unspecified atom stereocenters. The summed E-state index contributed by atoms with van der Waals surface area (Å²) in [5.74, 6) is -0.419. The third kappa shape index (κ3) is 4.42. The molecule has 7 nitrogen and oxygen atoms in total. The van der Waals surface area contributed by atoms with Gasteiger partial charge >= 0.3 is 12.0 Å². The molecule has 2 aliphatic heterocycles. The van der Waals surface area contributed by atoms with Crippen molar-refractivity contribution in [1.82, 2.24) is 5.32 Å². The number of carbonyl (C=O) groups excluding carboxylic acids is 2. The first kappa shape index (κ1) is 17.5. The van der Waals surface area contributed by atoms with Gasteiger partial charge in [0.1, 0.15) is 0 Å². The summed E-state index contributed by atoms with van der Waals surface area (Å²) in [7, 11) is 1.35. The van der Waals surface area contributed by atoms with Crippen molar-refractivity contribution in [2.45, 2.75) is 31.7 Å². The van der Waals surface area contributed by atoms with E-state index in [-0.39, 0.29) is 12.1 Å². The number of hydrogen-bond donors (Lipinski definition) is 2. The molecule has 7 heteroatoms. The minimum Gasteiger partial charge on any atom is -0.465 e. The second-order valence-corrected chi connectivity index (χ2v) is 6.43. The van der Waals surface area contributed by atoms with Gasteiger partial charge < -0.3 is 25.0 Å². The number of hydrogen-bond acceptors (Lipinski definition) is 5. The lowest BCUT2D eigenvalue weighted by atomic mass is 10.1. The summed E-state index contributed by atoms with van der Waals surface area (Å²) in [5.41, 5.74) is 1.97. The Hall–Kier alpha value is -2.28. The van der Waals surface area contributed by atoms with E-state index in [4.69, 9.17) is 9.47 Å². The van der Waals surface area contributed by atoms with Crippen molar-refractivity contribution in [3.8, 4) is 0 Å². The number of methoxy groups -OCH3 is 1. The second kappa shape index (κ2) is 8.20. The standard InChI is InChI=1S/C18H25N3O4/c1-24-17(22)13-6-7-16(21-8-2-3-9-21)15(11-13)20-18(23)19-14-5-4-10-25-12-14/h6-7,11,14H,2-5,8-10,12H2,1H3,(H2,19,20,23). The largest absolute Gasteiger partial charge is 0.465 e. The van der Waals surface area contributed by atoms with Crippen LogP contribution in [0.3, 0.4) is 0 Å².